The van der Waals surface area contributed by atoms with Crippen LogP contribution in [-0.4, -0.2) is 43.4 Å². The predicted octanol–water partition coefficient (Wildman–Crippen LogP) is 1.40. The third-order valence-corrected chi connectivity index (χ3v) is 3.97. The van der Waals surface area contributed by atoms with Crippen LogP contribution in [0.5, 0.6) is 5.75 Å². The van der Waals surface area contributed by atoms with E-state index in [1.165, 1.54) is 5.56 Å². The second-order valence-electron chi connectivity index (χ2n) is 5.21. The summed E-state index contributed by atoms with van der Waals surface area (Å²) >= 11 is 0. The van der Waals surface area contributed by atoms with E-state index in [2.05, 4.69) is 17.0 Å². The van der Waals surface area contributed by atoms with Gasteiger partial charge in [0.25, 0.3) is 0 Å². The first-order valence-electron chi connectivity index (χ1n) is 6.97. The molecule has 0 saturated carbocycles. The summed E-state index contributed by atoms with van der Waals surface area (Å²) in [4.78, 5) is 2.40. The molecule has 2 rings (SSSR count). The molecule has 2 unspecified atom stereocenters. The second kappa shape index (κ2) is 6.89. The molecule has 2 atom stereocenters. The SMILES string of the molecule is COc1ccc(C(CN)N2CCCC(CO)C2)cc1. The van der Waals surface area contributed by atoms with Crippen LogP contribution in [0.15, 0.2) is 24.3 Å². The summed E-state index contributed by atoms with van der Waals surface area (Å²) in [5.74, 6) is 1.26. The Labute approximate surface area is 115 Å². The van der Waals surface area contributed by atoms with Crippen molar-refractivity contribution in [1.82, 2.24) is 4.90 Å². The molecular formula is C15H24N2O2. The van der Waals surface area contributed by atoms with Crippen molar-refractivity contribution in [3.63, 3.8) is 0 Å². The minimum Gasteiger partial charge on any atom is -0.497 e. The molecule has 0 spiro atoms. The molecule has 4 nitrogen and oxygen atoms in total. The average molecular weight is 264 g/mol. The van der Waals surface area contributed by atoms with Crippen molar-refractivity contribution < 1.29 is 9.84 Å². The number of nitrogens with two attached hydrogens (primary N) is 1. The zero-order valence-corrected chi connectivity index (χ0v) is 11.6. The van der Waals surface area contributed by atoms with E-state index in [-0.39, 0.29) is 12.6 Å². The van der Waals surface area contributed by atoms with Crippen LogP contribution in [0.25, 0.3) is 0 Å². The van der Waals surface area contributed by atoms with Crippen molar-refractivity contribution in [1.29, 1.82) is 0 Å². The highest BCUT2D eigenvalue weighted by atomic mass is 16.5. The number of likely N-dealkylation sites (tertiary alicyclic amines) is 1. The fourth-order valence-corrected chi connectivity index (χ4v) is 2.85. The van der Waals surface area contributed by atoms with Gasteiger partial charge < -0.3 is 15.6 Å². The number of aliphatic hydroxyl groups excluding tert-OH is 1. The Hall–Kier alpha value is -1.10. The summed E-state index contributed by atoms with van der Waals surface area (Å²) in [5.41, 5.74) is 7.18. The molecule has 0 aromatic heterocycles. The molecule has 1 aliphatic heterocycles. The predicted molar refractivity (Wildman–Crippen MR) is 76.2 cm³/mol. The molecule has 106 valence electrons. The highest BCUT2D eigenvalue weighted by Gasteiger charge is 2.25. The van der Waals surface area contributed by atoms with Crippen molar-refractivity contribution in [2.45, 2.75) is 18.9 Å². The van der Waals surface area contributed by atoms with E-state index in [1.54, 1.807) is 7.11 Å². The summed E-state index contributed by atoms with van der Waals surface area (Å²) in [6.45, 7) is 2.87. The van der Waals surface area contributed by atoms with Gasteiger partial charge in [0.1, 0.15) is 5.75 Å². The maximum atomic E-state index is 9.33. The summed E-state index contributed by atoms with van der Waals surface area (Å²) in [6, 6.07) is 8.36. The number of ether oxygens (including phenoxy) is 1. The third kappa shape index (κ3) is 3.47. The highest BCUT2D eigenvalue weighted by molar-refractivity contribution is 5.29. The fourth-order valence-electron chi connectivity index (χ4n) is 2.85. The molecule has 0 bridgehead atoms. The van der Waals surface area contributed by atoms with E-state index in [9.17, 15) is 5.11 Å². The van der Waals surface area contributed by atoms with Gasteiger partial charge in [-0.2, -0.15) is 0 Å². The average Bonchev–Trinajstić information content (AvgIpc) is 2.49. The number of methoxy groups -OCH3 is 1. The van der Waals surface area contributed by atoms with Crippen molar-refractivity contribution >= 4 is 0 Å². The van der Waals surface area contributed by atoms with Crippen molar-refractivity contribution in [3.8, 4) is 5.75 Å². The standard InChI is InChI=1S/C15H24N2O2/c1-19-14-6-4-13(5-7-14)15(9-16)17-8-2-3-12(10-17)11-18/h4-7,12,15,18H,2-3,8-11,16H2,1H3. The largest absolute Gasteiger partial charge is 0.497 e. The molecule has 1 heterocycles. The Bertz CT molecular complexity index is 380. The summed E-state index contributed by atoms with van der Waals surface area (Å²) in [6.07, 6.45) is 2.25. The molecule has 1 aromatic rings. The first-order chi connectivity index (χ1) is 9.28. The number of hydrogen-bond acceptors (Lipinski definition) is 4. The number of hydrogen-bond donors (Lipinski definition) is 2. The van der Waals surface area contributed by atoms with Crippen LogP contribution in [0.1, 0.15) is 24.4 Å². The Kier molecular flexibility index (Phi) is 5.19. The van der Waals surface area contributed by atoms with Gasteiger partial charge in [-0.25, -0.2) is 0 Å². The number of benzene rings is 1. The molecule has 4 heteroatoms. The lowest BCUT2D eigenvalue weighted by atomic mass is 9.95. The smallest absolute Gasteiger partial charge is 0.118 e. The first kappa shape index (κ1) is 14.3. The van der Waals surface area contributed by atoms with Crippen LogP contribution in [0, 0.1) is 5.92 Å². The first-order valence-corrected chi connectivity index (χ1v) is 6.97. The van der Waals surface area contributed by atoms with Crippen LogP contribution >= 0.6 is 0 Å². The van der Waals surface area contributed by atoms with Crippen LogP contribution in [-0.2, 0) is 0 Å². The van der Waals surface area contributed by atoms with Crippen LogP contribution < -0.4 is 10.5 Å². The quantitative estimate of drug-likeness (QED) is 0.844. The van der Waals surface area contributed by atoms with Crippen LogP contribution in [0.4, 0.5) is 0 Å². The molecule has 3 N–H and O–H groups in total. The lowest BCUT2D eigenvalue weighted by molar-refractivity contribution is 0.0900. The van der Waals surface area contributed by atoms with E-state index < -0.39 is 0 Å². The minimum atomic E-state index is 0.236. The second-order valence-corrected chi connectivity index (χ2v) is 5.21. The van der Waals surface area contributed by atoms with E-state index in [4.69, 9.17) is 10.5 Å². The molecule has 0 aliphatic carbocycles. The normalized spacial score (nSPS) is 22.2. The minimum absolute atomic E-state index is 0.236. The Balaban J connectivity index is 2.09. The van der Waals surface area contributed by atoms with E-state index >= 15 is 0 Å². The maximum absolute atomic E-state index is 9.33. The van der Waals surface area contributed by atoms with Gasteiger partial charge in [-0.3, -0.25) is 4.90 Å². The Morgan fingerprint density at radius 2 is 2.16 bits per heavy atom. The zero-order chi connectivity index (χ0) is 13.7. The van der Waals surface area contributed by atoms with Crippen LogP contribution in [0.2, 0.25) is 0 Å². The summed E-state index contributed by atoms with van der Waals surface area (Å²) < 4.78 is 5.18. The number of nitrogens with zero attached hydrogens (tertiary/aromatic N) is 1. The number of aliphatic hydroxyl groups is 1. The monoisotopic (exact) mass is 264 g/mol. The maximum Gasteiger partial charge on any atom is 0.118 e. The molecule has 1 aliphatic rings. The molecular weight excluding hydrogens is 240 g/mol. The molecule has 0 radical (unpaired) electrons. The lowest BCUT2D eigenvalue weighted by Crippen LogP contribution is -2.41. The molecule has 19 heavy (non-hydrogen) atoms. The summed E-state index contributed by atoms with van der Waals surface area (Å²) in [5, 5.41) is 9.33. The van der Waals surface area contributed by atoms with Gasteiger partial charge in [0, 0.05) is 25.7 Å². The lowest BCUT2D eigenvalue weighted by Gasteiger charge is -2.37. The zero-order valence-electron chi connectivity index (χ0n) is 11.6. The van der Waals surface area contributed by atoms with Gasteiger partial charge >= 0.3 is 0 Å². The Morgan fingerprint density at radius 1 is 1.42 bits per heavy atom. The van der Waals surface area contributed by atoms with Gasteiger partial charge in [0.15, 0.2) is 0 Å². The molecule has 0 amide bonds. The Morgan fingerprint density at radius 3 is 2.74 bits per heavy atom. The van der Waals surface area contributed by atoms with Crippen molar-refractivity contribution in [2.75, 3.05) is 33.4 Å². The molecule has 1 saturated heterocycles. The van der Waals surface area contributed by atoms with E-state index in [1.807, 2.05) is 12.1 Å². The van der Waals surface area contributed by atoms with Gasteiger partial charge in [0.2, 0.25) is 0 Å². The van der Waals surface area contributed by atoms with Crippen molar-refractivity contribution in [3.05, 3.63) is 29.8 Å². The number of rotatable bonds is 5. The molecule has 1 aromatic carbocycles. The van der Waals surface area contributed by atoms with E-state index in [0.717, 1.165) is 31.7 Å². The highest BCUT2D eigenvalue weighted by Crippen LogP contribution is 2.27. The van der Waals surface area contributed by atoms with E-state index in [0.29, 0.717) is 12.5 Å². The van der Waals surface area contributed by atoms with Crippen molar-refractivity contribution in [2.24, 2.45) is 11.7 Å². The summed E-state index contributed by atoms with van der Waals surface area (Å²) in [7, 11) is 1.67. The van der Waals surface area contributed by atoms with Gasteiger partial charge in [0.05, 0.1) is 7.11 Å². The third-order valence-electron chi connectivity index (χ3n) is 3.97. The van der Waals surface area contributed by atoms with Crippen LogP contribution in [0.3, 0.4) is 0 Å². The molecule has 1 fully saturated rings. The van der Waals surface area contributed by atoms with Gasteiger partial charge in [-0.05, 0) is 43.0 Å². The van der Waals surface area contributed by atoms with Gasteiger partial charge in [-0.15, -0.1) is 0 Å². The fraction of sp³-hybridized carbons (Fsp3) is 0.600. The topological polar surface area (TPSA) is 58.7 Å². The van der Waals surface area contributed by atoms with Gasteiger partial charge in [-0.1, -0.05) is 12.1 Å². The number of piperidine rings is 1.